The predicted octanol–water partition coefficient (Wildman–Crippen LogP) is 3.92. The normalized spacial score (nSPS) is 16.0. The Bertz CT molecular complexity index is 1390. The first kappa shape index (κ1) is 20.9. The van der Waals surface area contributed by atoms with E-state index in [9.17, 15) is 9.59 Å². The Labute approximate surface area is 192 Å². The second kappa shape index (κ2) is 8.50. The van der Waals surface area contributed by atoms with Crippen LogP contribution in [0.2, 0.25) is 5.02 Å². The molecule has 1 unspecified atom stereocenters. The molecule has 1 aliphatic rings. The summed E-state index contributed by atoms with van der Waals surface area (Å²) in [7, 11) is 0. The van der Waals surface area contributed by atoms with E-state index in [1.54, 1.807) is 24.3 Å². The Morgan fingerprint density at radius 2 is 2.19 bits per heavy atom. The number of ether oxygens (including phenoxy) is 1. The highest BCUT2D eigenvalue weighted by Gasteiger charge is 2.18. The monoisotopic (exact) mass is 469 g/mol. The van der Waals surface area contributed by atoms with Gasteiger partial charge in [-0.25, -0.2) is 4.98 Å². The summed E-state index contributed by atoms with van der Waals surface area (Å²) in [5.74, 6) is -0.215. The number of carbonyl (C=O) groups excluding carboxylic acids is 1. The van der Waals surface area contributed by atoms with Crippen LogP contribution in [0.1, 0.15) is 28.8 Å². The van der Waals surface area contributed by atoms with Gasteiger partial charge in [-0.15, -0.1) is 5.10 Å². The van der Waals surface area contributed by atoms with Gasteiger partial charge in [0.25, 0.3) is 11.5 Å². The van der Waals surface area contributed by atoms with Crippen LogP contribution in [0.3, 0.4) is 0 Å². The number of hydrogen-bond donors (Lipinski definition) is 2. The number of carbonyl (C=O) groups is 1. The van der Waals surface area contributed by atoms with Crippen molar-refractivity contribution >= 4 is 55.5 Å². The topological polar surface area (TPSA) is 97.6 Å². The molecule has 1 aliphatic heterocycles. The van der Waals surface area contributed by atoms with E-state index >= 15 is 0 Å². The number of nitrogens with zero attached hydrogens (tertiary/aromatic N) is 3. The first-order valence-corrected chi connectivity index (χ1v) is 11.4. The number of aromatic nitrogens is 3. The fourth-order valence-corrected chi connectivity index (χ4v) is 4.64. The molecule has 0 aliphatic carbocycles. The lowest BCUT2D eigenvalue weighted by Gasteiger charge is -2.11. The van der Waals surface area contributed by atoms with E-state index in [0.29, 0.717) is 38.1 Å². The Kier molecular flexibility index (Phi) is 5.54. The molecule has 2 N–H and O–H groups in total. The Balaban J connectivity index is 1.44. The van der Waals surface area contributed by atoms with Crippen molar-refractivity contribution in [1.82, 2.24) is 19.9 Å². The molecule has 1 fully saturated rings. The summed E-state index contributed by atoms with van der Waals surface area (Å²) in [5, 5.41) is 12.0. The molecule has 164 valence electrons. The van der Waals surface area contributed by atoms with Crippen LogP contribution in [0.5, 0.6) is 0 Å². The number of nitrogens with one attached hydrogen (secondary N) is 2. The zero-order chi connectivity index (χ0) is 22.2. The smallest absolute Gasteiger partial charge is 0.283 e. The molecule has 10 heteroatoms. The van der Waals surface area contributed by atoms with Gasteiger partial charge in [0, 0.05) is 29.4 Å². The Morgan fingerprint density at radius 1 is 1.31 bits per heavy atom. The van der Waals surface area contributed by atoms with E-state index in [1.165, 1.54) is 15.9 Å². The Hall–Kier alpha value is -3.01. The molecule has 4 aromatic rings. The maximum Gasteiger partial charge on any atom is 0.283 e. The standard InChI is InChI=1S/C22H20ClN5O3S/c1-12-4-6-14(23)10-17(12)25-21-27-28-20(30)16-7-5-13(9-18(16)26-22(28)32-21)19(29)24-11-15-3-2-8-31-15/h4-7,9-10,15H,2-3,8,11H2,1H3,(H,24,29)(H,25,27). The largest absolute Gasteiger partial charge is 0.376 e. The van der Waals surface area contributed by atoms with Crippen LogP contribution in [0.25, 0.3) is 15.9 Å². The number of anilines is 2. The summed E-state index contributed by atoms with van der Waals surface area (Å²) < 4.78 is 6.81. The van der Waals surface area contributed by atoms with E-state index in [4.69, 9.17) is 16.3 Å². The predicted molar refractivity (Wildman–Crippen MR) is 125 cm³/mol. The maximum absolute atomic E-state index is 13.0. The van der Waals surface area contributed by atoms with Crippen molar-refractivity contribution in [3.63, 3.8) is 0 Å². The lowest BCUT2D eigenvalue weighted by Crippen LogP contribution is -2.31. The van der Waals surface area contributed by atoms with Gasteiger partial charge in [0.1, 0.15) is 0 Å². The van der Waals surface area contributed by atoms with E-state index in [1.807, 2.05) is 19.1 Å². The van der Waals surface area contributed by atoms with E-state index in [-0.39, 0.29) is 17.6 Å². The zero-order valence-electron chi connectivity index (χ0n) is 17.2. The molecule has 1 atom stereocenters. The van der Waals surface area contributed by atoms with Gasteiger partial charge in [-0.05, 0) is 55.7 Å². The lowest BCUT2D eigenvalue weighted by atomic mass is 10.1. The minimum absolute atomic E-state index is 0.0630. The number of halogens is 1. The van der Waals surface area contributed by atoms with Gasteiger partial charge < -0.3 is 15.4 Å². The quantitative estimate of drug-likeness (QED) is 0.459. The fourth-order valence-electron chi connectivity index (χ4n) is 3.66. The third kappa shape index (κ3) is 4.06. The molecule has 0 bridgehead atoms. The van der Waals surface area contributed by atoms with Gasteiger partial charge in [0.15, 0.2) is 0 Å². The van der Waals surface area contributed by atoms with Gasteiger partial charge in [-0.3, -0.25) is 9.59 Å². The number of fused-ring (bicyclic) bond motifs is 2. The van der Waals surface area contributed by atoms with Crippen molar-refractivity contribution in [2.75, 3.05) is 18.5 Å². The van der Waals surface area contributed by atoms with E-state index in [2.05, 4.69) is 20.7 Å². The minimum atomic E-state index is -0.288. The molecule has 5 rings (SSSR count). The molecule has 8 nitrogen and oxygen atoms in total. The van der Waals surface area contributed by atoms with E-state index < -0.39 is 0 Å². The van der Waals surface area contributed by atoms with Gasteiger partial charge >= 0.3 is 0 Å². The number of benzene rings is 2. The van der Waals surface area contributed by atoms with Crippen LogP contribution in [-0.4, -0.2) is 39.8 Å². The SMILES string of the molecule is Cc1ccc(Cl)cc1Nc1nn2c(=O)c3ccc(C(=O)NCC4CCCO4)cc3nc2s1. The molecule has 1 amide bonds. The first-order chi connectivity index (χ1) is 15.5. The zero-order valence-corrected chi connectivity index (χ0v) is 18.8. The molecule has 0 radical (unpaired) electrons. The molecule has 0 saturated carbocycles. The van der Waals surface area contributed by atoms with Gasteiger partial charge in [0.2, 0.25) is 10.1 Å². The van der Waals surface area contributed by atoms with Crippen molar-refractivity contribution in [2.45, 2.75) is 25.9 Å². The van der Waals surface area contributed by atoms with Gasteiger partial charge in [-0.2, -0.15) is 4.52 Å². The number of aryl methyl sites for hydroxylation is 1. The summed E-state index contributed by atoms with van der Waals surface area (Å²) in [4.78, 5) is 30.5. The fraction of sp³-hybridized carbons (Fsp3) is 0.273. The molecule has 0 spiro atoms. The molecule has 32 heavy (non-hydrogen) atoms. The molecule has 2 aromatic carbocycles. The van der Waals surface area contributed by atoms with Crippen LogP contribution in [0.4, 0.5) is 10.8 Å². The van der Waals surface area contributed by atoms with Crippen LogP contribution < -0.4 is 16.2 Å². The van der Waals surface area contributed by atoms with Crippen molar-refractivity contribution in [3.05, 3.63) is 62.9 Å². The molecule has 2 aromatic heterocycles. The molecule has 3 heterocycles. The van der Waals surface area contributed by atoms with Crippen LogP contribution >= 0.6 is 22.9 Å². The van der Waals surface area contributed by atoms with Crippen molar-refractivity contribution in [1.29, 1.82) is 0 Å². The van der Waals surface area contributed by atoms with Gasteiger partial charge in [-0.1, -0.05) is 29.0 Å². The summed E-state index contributed by atoms with van der Waals surface area (Å²) >= 11 is 7.34. The first-order valence-electron chi connectivity index (χ1n) is 10.2. The molecular formula is C22H20ClN5O3S. The van der Waals surface area contributed by atoms with Crippen LogP contribution in [-0.2, 0) is 4.74 Å². The molecule has 1 saturated heterocycles. The second-order valence-electron chi connectivity index (χ2n) is 7.68. The number of amides is 1. The van der Waals surface area contributed by atoms with Crippen LogP contribution in [0, 0.1) is 6.92 Å². The Morgan fingerprint density at radius 3 is 3.00 bits per heavy atom. The third-order valence-corrected chi connectivity index (χ3v) is 6.47. The highest BCUT2D eigenvalue weighted by Crippen LogP contribution is 2.27. The third-order valence-electron chi connectivity index (χ3n) is 5.41. The van der Waals surface area contributed by atoms with Crippen molar-refractivity contribution < 1.29 is 9.53 Å². The average Bonchev–Trinajstić information content (AvgIpc) is 3.44. The summed E-state index contributed by atoms with van der Waals surface area (Å²) in [6.45, 7) is 3.16. The maximum atomic E-state index is 13.0. The second-order valence-corrected chi connectivity index (χ2v) is 9.07. The highest BCUT2D eigenvalue weighted by molar-refractivity contribution is 7.20. The summed E-state index contributed by atoms with van der Waals surface area (Å²) in [5.41, 5.74) is 2.42. The van der Waals surface area contributed by atoms with Crippen LogP contribution in [0.15, 0.2) is 41.2 Å². The minimum Gasteiger partial charge on any atom is -0.376 e. The molecular weight excluding hydrogens is 450 g/mol. The summed E-state index contributed by atoms with van der Waals surface area (Å²) in [6.07, 6.45) is 2.03. The highest BCUT2D eigenvalue weighted by atomic mass is 35.5. The van der Waals surface area contributed by atoms with Crippen molar-refractivity contribution in [2.24, 2.45) is 0 Å². The van der Waals surface area contributed by atoms with E-state index in [0.717, 1.165) is 30.7 Å². The average molecular weight is 470 g/mol. The van der Waals surface area contributed by atoms with Gasteiger partial charge in [0.05, 0.1) is 17.0 Å². The van der Waals surface area contributed by atoms with Crippen molar-refractivity contribution in [3.8, 4) is 0 Å². The number of rotatable bonds is 5. The summed E-state index contributed by atoms with van der Waals surface area (Å²) in [6, 6.07) is 10.4. The number of hydrogen-bond acceptors (Lipinski definition) is 7. The lowest BCUT2D eigenvalue weighted by molar-refractivity contribution is 0.0858.